The fourth-order valence-electron chi connectivity index (χ4n) is 8.53. The van der Waals surface area contributed by atoms with Gasteiger partial charge in [-0.1, -0.05) is 177 Å². The van der Waals surface area contributed by atoms with E-state index in [4.69, 9.17) is 0 Å². The first-order chi connectivity index (χ1) is 23.8. The molecule has 0 radical (unpaired) electrons. The highest BCUT2D eigenvalue weighted by Crippen LogP contribution is 2.50. The van der Waals surface area contributed by atoms with Gasteiger partial charge in [0.2, 0.25) is 0 Å². The number of benzene rings is 6. The van der Waals surface area contributed by atoms with Gasteiger partial charge < -0.3 is 0 Å². The largest absolute Gasteiger partial charge is 0.0654 e. The van der Waals surface area contributed by atoms with Crippen LogP contribution in [0.2, 0.25) is 0 Å². The van der Waals surface area contributed by atoms with E-state index in [0.717, 1.165) is 0 Å². The van der Waals surface area contributed by atoms with Gasteiger partial charge in [0.05, 0.1) is 0 Å². The van der Waals surface area contributed by atoms with Crippen molar-refractivity contribution < 1.29 is 0 Å². The summed E-state index contributed by atoms with van der Waals surface area (Å²) in [6.07, 6.45) is 26.9. The Morgan fingerprint density at radius 2 is 0.854 bits per heavy atom. The SMILES string of the molecule is CCCCCCCCCCCCCCCCCCCCc1ccc2cc3cc4c(cc3cc2c1)-c1cc2ccccc2c2cccc-4c12. The summed E-state index contributed by atoms with van der Waals surface area (Å²) in [5.74, 6) is 0. The molecule has 0 spiro atoms. The van der Waals surface area contributed by atoms with E-state index in [1.165, 1.54) is 193 Å². The molecule has 248 valence electrons. The summed E-state index contributed by atoms with van der Waals surface area (Å²) in [5.41, 5.74) is 7.02. The van der Waals surface area contributed by atoms with Crippen LogP contribution in [-0.4, -0.2) is 0 Å². The third kappa shape index (κ3) is 7.49. The minimum atomic E-state index is 1.20. The second kappa shape index (κ2) is 16.2. The fraction of sp³-hybridized carbons (Fsp3) is 0.417. The Balaban J connectivity index is 0.870. The molecule has 0 fully saturated rings. The summed E-state index contributed by atoms with van der Waals surface area (Å²) in [7, 11) is 0. The van der Waals surface area contributed by atoms with E-state index in [2.05, 4.69) is 97.9 Å². The van der Waals surface area contributed by atoms with Gasteiger partial charge >= 0.3 is 0 Å². The molecule has 0 nitrogen and oxygen atoms in total. The lowest BCUT2D eigenvalue weighted by molar-refractivity contribution is 0.525. The van der Waals surface area contributed by atoms with E-state index >= 15 is 0 Å². The number of aryl methyl sites for hydroxylation is 1. The van der Waals surface area contributed by atoms with Crippen LogP contribution in [0.15, 0.2) is 91.0 Å². The van der Waals surface area contributed by atoms with E-state index in [1.54, 1.807) is 0 Å². The van der Waals surface area contributed by atoms with Crippen molar-refractivity contribution in [3.63, 3.8) is 0 Å². The van der Waals surface area contributed by atoms with Crippen LogP contribution in [-0.2, 0) is 6.42 Å². The van der Waals surface area contributed by atoms with E-state index in [1.807, 2.05) is 0 Å². The highest BCUT2D eigenvalue weighted by atomic mass is 14.3. The lowest BCUT2D eigenvalue weighted by Gasteiger charge is -2.09. The Kier molecular flexibility index (Phi) is 11.1. The minimum Gasteiger partial charge on any atom is -0.0654 e. The highest BCUT2D eigenvalue weighted by molar-refractivity contribution is 6.24. The van der Waals surface area contributed by atoms with Crippen LogP contribution >= 0.6 is 0 Å². The number of hydrogen-bond acceptors (Lipinski definition) is 0. The summed E-state index contributed by atoms with van der Waals surface area (Å²) in [6.45, 7) is 2.30. The smallest absolute Gasteiger partial charge is 0.00199 e. The zero-order valence-electron chi connectivity index (χ0n) is 29.6. The van der Waals surface area contributed by atoms with Crippen LogP contribution in [0.25, 0.3) is 65.3 Å². The number of rotatable bonds is 19. The number of hydrogen-bond donors (Lipinski definition) is 0. The van der Waals surface area contributed by atoms with Gasteiger partial charge in [-0.15, -0.1) is 0 Å². The number of unbranched alkanes of at least 4 members (excludes halogenated alkanes) is 17. The van der Waals surface area contributed by atoms with Crippen LogP contribution < -0.4 is 0 Å². The molecule has 0 N–H and O–H groups in total. The number of fused-ring (bicyclic) bond motifs is 7. The van der Waals surface area contributed by atoms with Crippen molar-refractivity contribution in [3.05, 3.63) is 96.6 Å². The van der Waals surface area contributed by atoms with Crippen molar-refractivity contribution in [2.24, 2.45) is 0 Å². The van der Waals surface area contributed by atoms with Gasteiger partial charge in [0, 0.05) is 0 Å². The molecule has 6 aromatic rings. The molecular weight excluding hydrogens is 577 g/mol. The Morgan fingerprint density at radius 3 is 1.52 bits per heavy atom. The molecular formula is C48H56. The van der Waals surface area contributed by atoms with Crippen molar-refractivity contribution in [1.29, 1.82) is 0 Å². The average Bonchev–Trinajstić information content (AvgIpc) is 3.42. The van der Waals surface area contributed by atoms with Gasteiger partial charge in [-0.05, 0) is 114 Å². The zero-order valence-corrected chi connectivity index (χ0v) is 29.6. The Bertz CT molecular complexity index is 1970. The average molecular weight is 633 g/mol. The standard InChI is InChI=1S/C48H56/c1-2-3-4-5-6-7-8-9-10-11-12-13-14-15-16-17-18-19-23-36-28-29-37-31-40-34-45-44-27-22-26-43-42-25-21-20-24-38(42)33-47(48(43)44)46(45)35-41(40)32-39(37)30-36/h20-22,24-35H,2-19,23H2,1H3. The minimum absolute atomic E-state index is 1.20. The first-order valence-corrected chi connectivity index (χ1v) is 19.8. The maximum atomic E-state index is 2.46. The molecule has 0 amide bonds. The second-order valence-electron chi connectivity index (χ2n) is 14.9. The topological polar surface area (TPSA) is 0 Å². The van der Waals surface area contributed by atoms with Crippen molar-refractivity contribution in [3.8, 4) is 22.3 Å². The predicted molar refractivity (Wildman–Crippen MR) is 213 cm³/mol. The van der Waals surface area contributed by atoms with Crippen LogP contribution in [0.4, 0.5) is 0 Å². The first-order valence-electron chi connectivity index (χ1n) is 19.8. The maximum Gasteiger partial charge on any atom is -0.00199 e. The Hall–Kier alpha value is -3.64. The molecule has 0 bridgehead atoms. The lowest BCUT2D eigenvalue weighted by atomic mass is 9.94. The molecule has 7 rings (SSSR count). The van der Waals surface area contributed by atoms with Crippen LogP contribution in [0, 0.1) is 0 Å². The summed E-state index contributed by atoms with van der Waals surface area (Å²) in [5, 5.41) is 10.9. The van der Waals surface area contributed by atoms with E-state index in [9.17, 15) is 0 Å². The molecule has 0 saturated carbocycles. The quantitative estimate of drug-likeness (QED) is 0.0473. The summed E-state index contributed by atoms with van der Waals surface area (Å²) >= 11 is 0. The molecule has 0 unspecified atom stereocenters. The van der Waals surface area contributed by atoms with Crippen molar-refractivity contribution >= 4 is 43.1 Å². The van der Waals surface area contributed by atoms with E-state index < -0.39 is 0 Å². The molecule has 1 aliphatic carbocycles. The van der Waals surface area contributed by atoms with Gasteiger partial charge in [0.15, 0.2) is 0 Å². The predicted octanol–water partition coefficient (Wildman–Crippen LogP) is 15.5. The third-order valence-corrected chi connectivity index (χ3v) is 11.3. The zero-order chi connectivity index (χ0) is 32.5. The third-order valence-electron chi connectivity index (χ3n) is 11.3. The van der Waals surface area contributed by atoms with Crippen LogP contribution in [0.5, 0.6) is 0 Å². The molecule has 0 aromatic heterocycles. The van der Waals surface area contributed by atoms with Gasteiger partial charge in [0.1, 0.15) is 0 Å². The molecule has 0 atom stereocenters. The van der Waals surface area contributed by atoms with Gasteiger partial charge in [-0.2, -0.15) is 0 Å². The van der Waals surface area contributed by atoms with E-state index in [-0.39, 0.29) is 0 Å². The fourth-order valence-corrected chi connectivity index (χ4v) is 8.53. The molecule has 48 heavy (non-hydrogen) atoms. The van der Waals surface area contributed by atoms with Crippen molar-refractivity contribution in [2.45, 2.75) is 129 Å². The normalized spacial score (nSPS) is 12.2. The summed E-state index contributed by atoms with van der Waals surface area (Å²) in [6, 6.07) is 35.0. The lowest BCUT2D eigenvalue weighted by Crippen LogP contribution is -1.88. The molecule has 0 heterocycles. The monoisotopic (exact) mass is 632 g/mol. The van der Waals surface area contributed by atoms with Gasteiger partial charge in [0.25, 0.3) is 0 Å². The molecule has 0 saturated heterocycles. The highest BCUT2D eigenvalue weighted by Gasteiger charge is 2.23. The van der Waals surface area contributed by atoms with Gasteiger partial charge in [-0.3, -0.25) is 0 Å². The molecule has 0 heteroatoms. The van der Waals surface area contributed by atoms with E-state index in [0.29, 0.717) is 0 Å². The van der Waals surface area contributed by atoms with Crippen molar-refractivity contribution in [2.75, 3.05) is 0 Å². The van der Waals surface area contributed by atoms with Crippen LogP contribution in [0.3, 0.4) is 0 Å². The van der Waals surface area contributed by atoms with Gasteiger partial charge in [-0.25, -0.2) is 0 Å². The Morgan fingerprint density at radius 1 is 0.333 bits per heavy atom. The summed E-state index contributed by atoms with van der Waals surface area (Å²) in [4.78, 5) is 0. The second-order valence-corrected chi connectivity index (χ2v) is 14.9. The van der Waals surface area contributed by atoms with Crippen LogP contribution in [0.1, 0.15) is 128 Å². The Labute approximate surface area is 290 Å². The van der Waals surface area contributed by atoms with Crippen molar-refractivity contribution in [1.82, 2.24) is 0 Å². The molecule has 1 aliphatic rings. The summed E-state index contributed by atoms with van der Waals surface area (Å²) < 4.78 is 0. The maximum absolute atomic E-state index is 2.46. The molecule has 0 aliphatic heterocycles. The molecule has 6 aromatic carbocycles. The first kappa shape index (κ1) is 32.9.